The summed E-state index contributed by atoms with van der Waals surface area (Å²) < 4.78 is 5.43. The molecule has 2 aromatic heterocycles. The molecule has 8 heteroatoms. The van der Waals surface area contributed by atoms with E-state index in [1.54, 1.807) is 0 Å². The van der Waals surface area contributed by atoms with E-state index in [0.717, 1.165) is 12.1 Å². The van der Waals surface area contributed by atoms with Gasteiger partial charge < -0.3 is 19.6 Å². The van der Waals surface area contributed by atoms with Gasteiger partial charge in [-0.15, -0.1) is 0 Å². The molecule has 3 heterocycles. The molecule has 35 heavy (non-hydrogen) atoms. The number of amides is 2. The number of aryl methyl sites for hydroxylation is 1. The summed E-state index contributed by atoms with van der Waals surface area (Å²) in [5, 5.41) is 7.83. The van der Waals surface area contributed by atoms with Crippen molar-refractivity contribution in [2.45, 2.75) is 33.6 Å². The van der Waals surface area contributed by atoms with Gasteiger partial charge in [0.15, 0.2) is 0 Å². The topological polar surface area (TPSA) is 91.6 Å². The Morgan fingerprint density at radius 1 is 1.17 bits per heavy atom. The Kier molecular flexibility index (Phi) is 7.21. The third-order valence-corrected chi connectivity index (χ3v) is 6.56. The van der Waals surface area contributed by atoms with E-state index in [2.05, 4.69) is 34.2 Å². The Morgan fingerprint density at radius 3 is 2.51 bits per heavy atom. The van der Waals surface area contributed by atoms with Crippen molar-refractivity contribution in [1.82, 2.24) is 25.3 Å². The van der Waals surface area contributed by atoms with Crippen molar-refractivity contribution in [3.8, 4) is 11.3 Å². The van der Waals surface area contributed by atoms with Gasteiger partial charge in [0.25, 0.3) is 11.6 Å². The number of piperidine rings is 1. The summed E-state index contributed by atoms with van der Waals surface area (Å²) in [5.41, 5.74) is 3.13. The van der Waals surface area contributed by atoms with E-state index in [1.807, 2.05) is 62.3 Å². The molecule has 1 aliphatic rings. The number of carbonyl (C=O) groups excluding carboxylic acids is 2. The highest BCUT2D eigenvalue weighted by molar-refractivity contribution is 6.07. The van der Waals surface area contributed by atoms with Crippen molar-refractivity contribution in [2.24, 2.45) is 11.3 Å². The molecule has 4 rings (SSSR count). The molecule has 0 atom stereocenters. The number of pyridine rings is 1. The van der Waals surface area contributed by atoms with Crippen LogP contribution in [0.4, 0.5) is 0 Å². The van der Waals surface area contributed by atoms with Crippen LogP contribution in [0.3, 0.4) is 0 Å². The first kappa shape index (κ1) is 24.9. The minimum atomic E-state index is -0.0797. The van der Waals surface area contributed by atoms with Gasteiger partial charge in [0, 0.05) is 37.7 Å². The fraction of sp³-hybridized carbons (Fsp3) is 0.481. The van der Waals surface area contributed by atoms with Crippen LogP contribution in [-0.2, 0) is 4.79 Å². The van der Waals surface area contributed by atoms with Gasteiger partial charge in [-0.3, -0.25) is 9.59 Å². The maximum absolute atomic E-state index is 13.6. The second-order valence-corrected chi connectivity index (χ2v) is 10.6. The quantitative estimate of drug-likeness (QED) is 0.557. The molecule has 8 nitrogen and oxygen atoms in total. The van der Waals surface area contributed by atoms with Crippen molar-refractivity contribution in [1.29, 1.82) is 0 Å². The van der Waals surface area contributed by atoms with E-state index in [4.69, 9.17) is 4.52 Å². The molecule has 0 saturated carbocycles. The zero-order valence-corrected chi connectivity index (χ0v) is 21.3. The first-order valence-corrected chi connectivity index (χ1v) is 12.2. The van der Waals surface area contributed by atoms with E-state index in [0.29, 0.717) is 60.5 Å². The molecule has 3 aromatic rings. The van der Waals surface area contributed by atoms with Gasteiger partial charge in [-0.2, -0.15) is 0 Å². The Balaban J connectivity index is 1.45. The number of nitrogens with zero attached hydrogens (tertiary/aromatic N) is 4. The number of benzene rings is 1. The number of rotatable bonds is 7. The average molecular weight is 478 g/mol. The van der Waals surface area contributed by atoms with E-state index in [-0.39, 0.29) is 23.1 Å². The van der Waals surface area contributed by atoms with Gasteiger partial charge in [-0.25, -0.2) is 4.98 Å². The van der Waals surface area contributed by atoms with Crippen LogP contribution in [0.15, 0.2) is 40.9 Å². The smallest absolute Gasteiger partial charge is 0.259 e. The highest BCUT2D eigenvalue weighted by Crippen LogP contribution is 2.29. The predicted octanol–water partition coefficient (Wildman–Crippen LogP) is 3.75. The standard InChI is InChI=1S/C27H35N5O3/c1-18-23-21(15-22(29-25(23)35-30-18)19-9-7-6-8-10-19)26(34)32-13-11-20(12-14-32)24(33)28-16-27(2,3)17-31(4)5/h6-10,15,20H,11-14,16-17H2,1-5H3,(H,28,33). The van der Waals surface area contributed by atoms with Crippen molar-refractivity contribution >= 4 is 22.9 Å². The van der Waals surface area contributed by atoms with E-state index in [9.17, 15) is 9.59 Å². The normalized spacial score (nSPS) is 15.1. The third-order valence-electron chi connectivity index (χ3n) is 6.56. The number of aromatic nitrogens is 2. The molecule has 1 aliphatic heterocycles. The Hall–Kier alpha value is -3.26. The minimum Gasteiger partial charge on any atom is -0.355 e. The monoisotopic (exact) mass is 477 g/mol. The lowest BCUT2D eigenvalue weighted by molar-refractivity contribution is -0.126. The van der Waals surface area contributed by atoms with Crippen LogP contribution in [0.25, 0.3) is 22.4 Å². The number of carbonyl (C=O) groups is 2. The predicted molar refractivity (Wildman–Crippen MR) is 136 cm³/mol. The van der Waals surface area contributed by atoms with E-state index < -0.39 is 0 Å². The van der Waals surface area contributed by atoms with Crippen molar-refractivity contribution in [3.05, 3.63) is 47.7 Å². The number of likely N-dealkylation sites (tertiary alicyclic amines) is 1. The number of fused-ring (bicyclic) bond motifs is 1. The fourth-order valence-corrected chi connectivity index (χ4v) is 4.92. The molecule has 1 saturated heterocycles. The lowest BCUT2D eigenvalue weighted by Gasteiger charge is -2.33. The van der Waals surface area contributed by atoms with Gasteiger partial charge in [0.05, 0.1) is 22.3 Å². The number of hydrogen-bond acceptors (Lipinski definition) is 6. The first-order valence-electron chi connectivity index (χ1n) is 12.2. The molecular weight excluding hydrogens is 442 g/mol. The Bertz CT molecular complexity index is 1190. The zero-order valence-electron chi connectivity index (χ0n) is 21.3. The van der Waals surface area contributed by atoms with Gasteiger partial charge in [0.1, 0.15) is 0 Å². The van der Waals surface area contributed by atoms with Crippen LogP contribution < -0.4 is 5.32 Å². The summed E-state index contributed by atoms with van der Waals surface area (Å²) in [5.74, 6) is -0.0767. The van der Waals surface area contributed by atoms with Gasteiger partial charge in [-0.05, 0) is 45.3 Å². The lowest BCUT2D eigenvalue weighted by Crippen LogP contribution is -2.46. The second-order valence-electron chi connectivity index (χ2n) is 10.6. The van der Waals surface area contributed by atoms with Gasteiger partial charge in [0.2, 0.25) is 5.91 Å². The Labute approximate surface area is 206 Å². The molecule has 1 N–H and O–H groups in total. The summed E-state index contributed by atoms with van der Waals surface area (Å²) in [6.45, 7) is 8.72. The Morgan fingerprint density at radius 2 is 1.86 bits per heavy atom. The maximum atomic E-state index is 13.6. The zero-order chi connectivity index (χ0) is 25.2. The molecule has 0 aliphatic carbocycles. The molecule has 1 aromatic carbocycles. The molecule has 2 amide bonds. The van der Waals surface area contributed by atoms with Crippen molar-refractivity contribution in [3.63, 3.8) is 0 Å². The number of nitrogens with one attached hydrogen (secondary N) is 1. The van der Waals surface area contributed by atoms with Crippen LogP contribution in [-0.4, -0.2) is 72.0 Å². The highest BCUT2D eigenvalue weighted by atomic mass is 16.5. The van der Waals surface area contributed by atoms with Crippen LogP contribution in [0.5, 0.6) is 0 Å². The van der Waals surface area contributed by atoms with E-state index in [1.165, 1.54) is 0 Å². The molecule has 0 radical (unpaired) electrons. The first-order chi connectivity index (χ1) is 16.6. The van der Waals surface area contributed by atoms with E-state index >= 15 is 0 Å². The van der Waals surface area contributed by atoms with Gasteiger partial charge in [-0.1, -0.05) is 49.3 Å². The average Bonchev–Trinajstić information content (AvgIpc) is 3.22. The lowest BCUT2D eigenvalue weighted by atomic mass is 9.91. The van der Waals surface area contributed by atoms with Gasteiger partial charge >= 0.3 is 0 Å². The van der Waals surface area contributed by atoms with Crippen LogP contribution in [0.1, 0.15) is 42.7 Å². The van der Waals surface area contributed by atoms with Crippen LogP contribution in [0, 0.1) is 18.3 Å². The summed E-state index contributed by atoms with van der Waals surface area (Å²) >= 11 is 0. The number of hydrogen-bond donors (Lipinski definition) is 1. The highest BCUT2D eigenvalue weighted by Gasteiger charge is 2.31. The summed E-state index contributed by atoms with van der Waals surface area (Å²) in [7, 11) is 4.08. The molecular formula is C27H35N5O3. The van der Waals surface area contributed by atoms with Crippen molar-refractivity contribution in [2.75, 3.05) is 40.3 Å². The molecule has 0 bridgehead atoms. The minimum absolute atomic E-state index is 0.00447. The summed E-state index contributed by atoms with van der Waals surface area (Å²) in [4.78, 5) is 35.0. The third kappa shape index (κ3) is 5.70. The van der Waals surface area contributed by atoms with Crippen molar-refractivity contribution < 1.29 is 14.1 Å². The van der Waals surface area contributed by atoms with Crippen LogP contribution >= 0.6 is 0 Å². The fourth-order valence-electron chi connectivity index (χ4n) is 4.92. The summed E-state index contributed by atoms with van der Waals surface area (Å²) in [6, 6.07) is 11.6. The molecule has 1 fully saturated rings. The molecule has 0 unspecified atom stereocenters. The molecule has 186 valence electrons. The second kappa shape index (κ2) is 10.2. The summed E-state index contributed by atoms with van der Waals surface area (Å²) in [6.07, 6.45) is 1.29. The molecule has 0 spiro atoms. The maximum Gasteiger partial charge on any atom is 0.259 e. The van der Waals surface area contributed by atoms with Crippen LogP contribution in [0.2, 0.25) is 0 Å². The SMILES string of the molecule is Cc1noc2nc(-c3ccccc3)cc(C(=O)N3CCC(C(=O)NCC(C)(C)CN(C)C)CC3)c12. The largest absolute Gasteiger partial charge is 0.355 e.